The third-order valence-corrected chi connectivity index (χ3v) is 5.44. The normalized spacial score (nSPS) is 16.2. The Kier molecular flexibility index (Phi) is 3.64. The second-order valence-corrected chi connectivity index (χ2v) is 7.03. The molecule has 2 heterocycles. The molecule has 0 spiro atoms. The van der Waals surface area contributed by atoms with Gasteiger partial charge >= 0.3 is 0 Å². The van der Waals surface area contributed by atoms with E-state index in [9.17, 15) is 4.79 Å². The predicted molar refractivity (Wildman–Crippen MR) is 106 cm³/mol. The molecule has 3 aromatic carbocycles. The average Bonchev–Trinajstić information content (AvgIpc) is 3.03. The molecular weight excluding hydrogens is 322 g/mol. The molecule has 5 rings (SSSR count). The standard InChI is InChI=1S/C22H21N3O/c26-22-19-3-1-2-18-16(6-9-20(24-22)21(18)19)14-15-4-7-17(8-5-15)25-12-10-23-11-13-25/h1-9,23H,10-14H2,(H,24,26). The summed E-state index contributed by atoms with van der Waals surface area (Å²) in [4.78, 5) is 14.5. The first kappa shape index (κ1) is 15.4. The SMILES string of the molecule is O=C1Nc2ccc(Cc3ccc(N4CCNCC4)cc3)c3cccc1c23. The van der Waals surface area contributed by atoms with E-state index in [1.165, 1.54) is 22.2 Å². The topological polar surface area (TPSA) is 44.4 Å². The van der Waals surface area contributed by atoms with E-state index in [-0.39, 0.29) is 5.91 Å². The molecular formula is C22H21N3O. The highest BCUT2D eigenvalue weighted by Gasteiger charge is 2.22. The summed E-state index contributed by atoms with van der Waals surface area (Å²) < 4.78 is 0. The molecule has 0 radical (unpaired) electrons. The molecule has 4 nitrogen and oxygen atoms in total. The lowest BCUT2D eigenvalue weighted by Gasteiger charge is -2.29. The molecule has 3 aromatic rings. The molecule has 0 bridgehead atoms. The van der Waals surface area contributed by atoms with Crippen molar-refractivity contribution in [1.29, 1.82) is 0 Å². The number of benzene rings is 3. The fraction of sp³-hybridized carbons (Fsp3) is 0.227. The largest absolute Gasteiger partial charge is 0.369 e. The van der Waals surface area contributed by atoms with Crippen LogP contribution in [0.2, 0.25) is 0 Å². The quantitative estimate of drug-likeness (QED) is 0.766. The van der Waals surface area contributed by atoms with Crippen molar-refractivity contribution in [2.24, 2.45) is 0 Å². The Hall–Kier alpha value is -2.85. The lowest BCUT2D eigenvalue weighted by molar-refractivity contribution is 0.103. The Bertz CT molecular complexity index is 988. The monoisotopic (exact) mass is 343 g/mol. The lowest BCUT2D eigenvalue weighted by Crippen LogP contribution is -2.43. The smallest absolute Gasteiger partial charge is 0.256 e. The number of nitrogens with one attached hydrogen (secondary N) is 2. The zero-order valence-corrected chi connectivity index (χ0v) is 14.6. The van der Waals surface area contributed by atoms with E-state index < -0.39 is 0 Å². The summed E-state index contributed by atoms with van der Waals surface area (Å²) in [6, 6.07) is 19.1. The number of hydrogen-bond donors (Lipinski definition) is 2. The molecule has 26 heavy (non-hydrogen) atoms. The van der Waals surface area contributed by atoms with Crippen molar-refractivity contribution in [2.45, 2.75) is 6.42 Å². The molecule has 2 aliphatic rings. The molecule has 0 saturated carbocycles. The maximum atomic E-state index is 12.1. The van der Waals surface area contributed by atoms with E-state index in [1.54, 1.807) is 0 Å². The number of carbonyl (C=O) groups is 1. The highest BCUT2D eigenvalue weighted by molar-refractivity contribution is 6.24. The number of rotatable bonds is 3. The number of amides is 1. The maximum Gasteiger partial charge on any atom is 0.256 e. The first-order valence-electron chi connectivity index (χ1n) is 9.20. The number of hydrogen-bond acceptors (Lipinski definition) is 3. The third kappa shape index (κ3) is 2.54. The van der Waals surface area contributed by atoms with Crippen LogP contribution in [0.5, 0.6) is 0 Å². The van der Waals surface area contributed by atoms with Gasteiger partial charge in [-0.1, -0.05) is 30.3 Å². The van der Waals surface area contributed by atoms with Gasteiger partial charge in [0.1, 0.15) is 0 Å². The second-order valence-electron chi connectivity index (χ2n) is 7.03. The molecule has 0 unspecified atom stereocenters. The Morgan fingerprint density at radius 1 is 0.923 bits per heavy atom. The highest BCUT2D eigenvalue weighted by atomic mass is 16.1. The summed E-state index contributed by atoms with van der Waals surface area (Å²) in [5.74, 6) is 0.00289. The maximum absolute atomic E-state index is 12.1. The van der Waals surface area contributed by atoms with Gasteiger partial charge in [-0.2, -0.15) is 0 Å². The Balaban J connectivity index is 1.45. The lowest BCUT2D eigenvalue weighted by atomic mass is 9.96. The van der Waals surface area contributed by atoms with Crippen LogP contribution in [0.25, 0.3) is 10.8 Å². The van der Waals surface area contributed by atoms with Crippen LogP contribution in [0.1, 0.15) is 21.5 Å². The third-order valence-electron chi connectivity index (χ3n) is 5.44. The van der Waals surface area contributed by atoms with Crippen LogP contribution in [0.3, 0.4) is 0 Å². The van der Waals surface area contributed by atoms with Crippen LogP contribution >= 0.6 is 0 Å². The second kappa shape index (κ2) is 6.15. The molecule has 1 amide bonds. The van der Waals surface area contributed by atoms with Crippen LogP contribution in [0, 0.1) is 0 Å². The van der Waals surface area contributed by atoms with E-state index in [1.807, 2.05) is 18.2 Å². The molecule has 0 atom stereocenters. The van der Waals surface area contributed by atoms with Crippen LogP contribution in [0.15, 0.2) is 54.6 Å². The van der Waals surface area contributed by atoms with Gasteiger partial charge in [0, 0.05) is 48.5 Å². The zero-order valence-electron chi connectivity index (χ0n) is 14.6. The first-order chi connectivity index (χ1) is 12.8. The highest BCUT2D eigenvalue weighted by Crippen LogP contribution is 2.35. The molecule has 0 aromatic heterocycles. The molecule has 2 N–H and O–H groups in total. The Labute approximate surface area is 152 Å². The van der Waals surface area contributed by atoms with Crippen molar-refractivity contribution in [3.63, 3.8) is 0 Å². The molecule has 0 aliphatic carbocycles. The number of nitrogens with zero attached hydrogens (tertiary/aromatic N) is 1. The van der Waals surface area contributed by atoms with Gasteiger partial charge in [-0.3, -0.25) is 4.79 Å². The minimum absolute atomic E-state index is 0.00289. The summed E-state index contributed by atoms with van der Waals surface area (Å²) >= 11 is 0. The van der Waals surface area contributed by atoms with Gasteiger partial charge in [0.25, 0.3) is 5.91 Å². The summed E-state index contributed by atoms with van der Waals surface area (Å²) in [5.41, 5.74) is 5.57. The Morgan fingerprint density at radius 2 is 1.73 bits per heavy atom. The number of carbonyl (C=O) groups excluding carboxylic acids is 1. The van der Waals surface area contributed by atoms with Gasteiger partial charge < -0.3 is 15.5 Å². The minimum Gasteiger partial charge on any atom is -0.369 e. The number of piperazine rings is 1. The van der Waals surface area contributed by atoms with Gasteiger partial charge in [0.05, 0.1) is 0 Å². The van der Waals surface area contributed by atoms with Crippen molar-refractivity contribution in [2.75, 3.05) is 36.4 Å². The average molecular weight is 343 g/mol. The van der Waals surface area contributed by atoms with Crippen molar-refractivity contribution in [1.82, 2.24) is 5.32 Å². The van der Waals surface area contributed by atoms with Crippen molar-refractivity contribution >= 4 is 28.1 Å². The summed E-state index contributed by atoms with van der Waals surface area (Å²) in [5, 5.41) is 8.58. The van der Waals surface area contributed by atoms with Gasteiger partial charge in [-0.25, -0.2) is 0 Å². The van der Waals surface area contributed by atoms with E-state index >= 15 is 0 Å². The van der Waals surface area contributed by atoms with E-state index in [0.29, 0.717) is 0 Å². The predicted octanol–water partition coefficient (Wildman–Crippen LogP) is 3.41. The van der Waals surface area contributed by atoms with E-state index in [2.05, 4.69) is 51.9 Å². The zero-order chi connectivity index (χ0) is 17.5. The fourth-order valence-electron chi connectivity index (χ4n) is 4.07. The molecule has 1 fully saturated rings. The fourth-order valence-corrected chi connectivity index (χ4v) is 4.07. The molecule has 4 heteroatoms. The summed E-state index contributed by atoms with van der Waals surface area (Å²) in [6.07, 6.45) is 0.871. The van der Waals surface area contributed by atoms with Gasteiger partial charge in [0.2, 0.25) is 0 Å². The van der Waals surface area contributed by atoms with Crippen LogP contribution < -0.4 is 15.5 Å². The molecule has 130 valence electrons. The Morgan fingerprint density at radius 3 is 2.54 bits per heavy atom. The van der Waals surface area contributed by atoms with Crippen LogP contribution in [-0.4, -0.2) is 32.1 Å². The summed E-state index contributed by atoms with van der Waals surface area (Å²) in [6.45, 7) is 4.23. The molecule has 1 saturated heterocycles. The van der Waals surface area contributed by atoms with Gasteiger partial charge in [-0.15, -0.1) is 0 Å². The van der Waals surface area contributed by atoms with Crippen molar-refractivity contribution in [3.05, 3.63) is 71.3 Å². The van der Waals surface area contributed by atoms with Crippen LogP contribution in [-0.2, 0) is 6.42 Å². The van der Waals surface area contributed by atoms with E-state index in [4.69, 9.17) is 0 Å². The van der Waals surface area contributed by atoms with Crippen molar-refractivity contribution in [3.8, 4) is 0 Å². The number of anilines is 2. The van der Waals surface area contributed by atoms with Crippen molar-refractivity contribution < 1.29 is 4.79 Å². The molecule has 2 aliphatic heterocycles. The minimum atomic E-state index is 0.00289. The van der Waals surface area contributed by atoms with Gasteiger partial charge in [0.15, 0.2) is 0 Å². The van der Waals surface area contributed by atoms with E-state index in [0.717, 1.165) is 49.2 Å². The summed E-state index contributed by atoms with van der Waals surface area (Å²) in [7, 11) is 0. The van der Waals surface area contributed by atoms with Crippen LogP contribution in [0.4, 0.5) is 11.4 Å². The first-order valence-corrected chi connectivity index (χ1v) is 9.20. The van der Waals surface area contributed by atoms with Gasteiger partial charge in [-0.05, 0) is 47.2 Å².